The standard InChI is InChI=1S/C18H10Cl2N6S/c19-12-6-7-14(15(20)8-12)16-22-23-18-26(16)24-17(27-18)11-9-21-25(10-11)13-4-2-1-3-5-13/h1-10H. The van der Waals surface area contributed by atoms with Crippen molar-refractivity contribution in [1.29, 1.82) is 0 Å². The zero-order valence-corrected chi connectivity index (χ0v) is 15.9. The molecule has 0 unspecified atom stereocenters. The Hall–Kier alpha value is -2.74. The van der Waals surface area contributed by atoms with Crippen LogP contribution in [0.15, 0.2) is 60.9 Å². The van der Waals surface area contributed by atoms with Crippen LogP contribution in [0.4, 0.5) is 0 Å². The van der Waals surface area contributed by atoms with E-state index in [1.165, 1.54) is 11.3 Å². The third-order valence-electron chi connectivity index (χ3n) is 4.01. The van der Waals surface area contributed by atoms with Gasteiger partial charge in [0.1, 0.15) is 0 Å². The highest BCUT2D eigenvalue weighted by Gasteiger charge is 2.17. The Balaban J connectivity index is 1.57. The van der Waals surface area contributed by atoms with E-state index in [0.29, 0.717) is 20.8 Å². The second-order valence-corrected chi connectivity index (χ2v) is 7.56. The lowest BCUT2D eigenvalue weighted by Crippen LogP contribution is -1.92. The zero-order chi connectivity index (χ0) is 18.4. The average Bonchev–Trinajstić information content (AvgIpc) is 3.38. The molecule has 2 aromatic carbocycles. The van der Waals surface area contributed by atoms with Crippen LogP contribution >= 0.6 is 34.5 Å². The monoisotopic (exact) mass is 412 g/mol. The summed E-state index contributed by atoms with van der Waals surface area (Å²) < 4.78 is 3.50. The minimum Gasteiger partial charge on any atom is -0.240 e. The van der Waals surface area contributed by atoms with Gasteiger partial charge in [-0.3, -0.25) is 0 Å². The zero-order valence-electron chi connectivity index (χ0n) is 13.6. The van der Waals surface area contributed by atoms with E-state index >= 15 is 0 Å². The molecule has 3 heterocycles. The van der Waals surface area contributed by atoms with Crippen LogP contribution < -0.4 is 0 Å². The Bertz CT molecular complexity index is 1260. The molecule has 5 rings (SSSR count). The third-order valence-corrected chi connectivity index (χ3v) is 5.51. The van der Waals surface area contributed by atoms with E-state index in [9.17, 15) is 0 Å². The highest BCUT2D eigenvalue weighted by Crippen LogP contribution is 2.32. The van der Waals surface area contributed by atoms with Gasteiger partial charge in [-0.25, -0.2) is 4.68 Å². The molecule has 0 bridgehead atoms. The predicted octanol–water partition coefficient (Wildman–Crippen LogP) is 5.01. The lowest BCUT2D eigenvalue weighted by atomic mass is 10.2. The van der Waals surface area contributed by atoms with E-state index in [0.717, 1.165) is 21.8 Å². The number of rotatable bonds is 3. The maximum Gasteiger partial charge on any atom is 0.235 e. The van der Waals surface area contributed by atoms with E-state index in [1.807, 2.05) is 47.3 Å². The predicted molar refractivity (Wildman–Crippen MR) is 107 cm³/mol. The molecule has 9 heteroatoms. The molecule has 5 aromatic rings. The number of aromatic nitrogens is 6. The van der Waals surface area contributed by atoms with Crippen LogP contribution in [0.1, 0.15) is 0 Å². The molecule has 3 aromatic heterocycles. The molecule has 27 heavy (non-hydrogen) atoms. The number of nitrogens with zero attached hydrogens (tertiary/aromatic N) is 6. The molecule has 0 saturated heterocycles. The summed E-state index contributed by atoms with van der Waals surface area (Å²) in [6, 6.07) is 15.2. The van der Waals surface area contributed by atoms with Gasteiger partial charge in [-0.1, -0.05) is 52.7 Å². The molecule has 132 valence electrons. The Morgan fingerprint density at radius 2 is 1.81 bits per heavy atom. The lowest BCUT2D eigenvalue weighted by molar-refractivity contribution is 0.880. The van der Waals surface area contributed by atoms with Crippen molar-refractivity contribution in [2.24, 2.45) is 0 Å². The molecule has 0 fully saturated rings. The number of halogens is 2. The summed E-state index contributed by atoms with van der Waals surface area (Å²) >= 11 is 13.7. The Kier molecular flexibility index (Phi) is 3.93. The molecule has 0 aliphatic heterocycles. The number of fused-ring (bicyclic) bond motifs is 1. The van der Waals surface area contributed by atoms with Gasteiger partial charge in [-0.2, -0.15) is 14.7 Å². The summed E-state index contributed by atoms with van der Waals surface area (Å²) in [4.78, 5) is 0.679. The average molecular weight is 413 g/mol. The van der Waals surface area contributed by atoms with Crippen LogP contribution in [0.25, 0.3) is 32.6 Å². The van der Waals surface area contributed by atoms with Crippen molar-refractivity contribution in [3.8, 4) is 27.6 Å². The number of benzene rings is 2. The first kappa shape index (κ1) is 16.4. The molecular formula is C18H10Cl2N6S. The summed E-state index contributed by atoms with van der Waals surface area (Å²) in [5, 5.41) is 19.4. The van der Waals surface area contributed by atoms with Crippen molar-refractivity contribution < 1.29 is 0 Å². The molecule has 0 aliphatic rings. The highest BCUT2D eigenvalue weighted by molar-refractivity contribution is 7.19. The fraction of sp³-hybridized carbons (Fsp3) is 0. The largest absolute Gasteiger partial charge is 0.240 e. The van der Waals surface area contributed by atoms with Crippen molar-refractivity contribution >= 4 is 39.5 Å². The first-order valence-corrected chi connectivity index (χ1v) is 9.54. The molecule has 0 N–H and O–H groups in total. The van der Waals surface area contributed by atoms with Crippen LogP contribution in [0.2, 0.25) is 10.0 Å². The van der Waals surface area contributed by atoms with Crippen molar-refractivity contribution in [3.05, 3.63) is 71.0 Å². The number of hydrogen-bond donors (Lipinski definition) is 0. The number of hydrogen-bond acceptors (Lipinski definition) is 5. The van der Waals surface area contributed by atoms with E-state index in [-0.39, 0.29) is 0 Å². The molecule has 0 aliphatic carbocycles. The summed E-state index contributed by atoms with van der Waals surface area (Å²) in [6.07, 6.45) is 3.73. The van der Waals surface area contributed by atoms with E-state index in [4.69, 9.17) is 23.2 Å². The van der Waals surface area contributed by atoms with E-state index in [1.54, 1.807) is 22.8 Å². The van der Waals surface area contributed by atoms with Crippen LogP contribution in [0, 0.1) is 0 Å². The van der Waals surface area contributed by atoms with Crippen LogP contribution in [0.5, 0.6) is 0 Å². The first-order valence-electron chi connectivity index (χ1n) is 7.97. The van der Waals surface area contributed by atoms with E-state index in [2.05, 4.69) is 20.4 Å². The molecule has 0 atom stereocenters. The fourth-order valence-electron chi connectivity index (χ4n) is 2.73. The maximum atomic E-state index is 6.31. The quantitative estimate of drug-likeness (QED) is 0.417. The normalized spacial score (nSPS) is 11.3. The molecule has 0 spiro atoms. The second kappa shape index (κ2) is 6.45. The molecule has 6 nitrogen and oxygen atoms in total. The van der Waals surface area contributed by atoms with Crippen LogP contribution in [-0.4, -0.2) is 29.6 Å². The van der Waals surface area contributed by atoms with Gasteiger partial charge >= 0.3 is 0 Å². The molecule has 0 radical (unpaired) electrons. The summed E-state index contributed by atoms with van der Waals surface area (Å²) in [5.41, 5.74) is 2.62. The molecular weight excluding hydrogens is 403 g/mol. The van der Waals surface area contributed by atoms with Crippen molar-refractivity contribution in [1.82, 2.24) is 29.6 Å². The highest BCUT2D eigenvalue weighted by atomic mass is 35.5. The molecule has 0 amide bonds. The van der Waals surface area contributed by atoms with Gasteiger partial charge in [0.2, 0.25) is 4.96 Å². The fourth-order valence-corrected chi connectivity index (χ4v) is 4.03. The van der Waals surface area contributed by atoms with Gasteiger partial charge in [0.25, 0.3) is 0 Å². The lowest BCUT2D eigenvalue weighted by Gasteiger charge is -2.01. The van der Waals surface area contributed by atoms with Crippen molar-refractivity contribution in [3.63, 3.8) is 0 Å². The van der Waals surface area contributed by atoms with Crippen LogP contribution in [-0.2, 0) is 0 Å². The van der Waals surface area contributed by atoms with Gasteiger partial charge in [0.15, 0.2) is 10.8 Å². The van der Waals surface area contributed by atoms with Gasteiger partial charge in [-0.15, -0.1) is 10.2 Å². The third kappa shape index (κ3) is 2.90. The SMILES string of the molecule is Clc1ccc(-c2nnc3sc(-c4cnn(-c5ccccc5)c4)nn23)c(Cl)c1. The minimum absolute atomic E-state index is 0.503. The van der Waals surface area contributed by atoms with E-state index < -0.39 is 0 Å². The van der Waals surface area contributed by atoms with Gasteiger partial charge < -0.3 is 0 Å². The Morgan fingerprint density at radius 1 is 0.963 bits per heavy atom. The number of para-hydroxylation sites is 1. The minimum atomic E-state index is 0.503. The Morgan fingerprint density at radius 3 is 2.63 bits per heavy atom. The van der Waals surface area contributed by atoms with Gasteiger partial charge in [0.05, 0.1) is 22.5 Å². The Labute approximate surface area is 167 Å². The summed E-state index contributed by atoms with van der Waals surface area (Å²) in [5.74, 6) is 0.574. The molecule has 0 saturated carbocycles. The second-order valence-electron chi connectivity index (χ2n) is 5.76. The summed E-state index contributed by atoms with van der Waals surface area (Å²) in [6.45, 7) is 0. The summed E-state index contributed by atoms with van der Waals surface area (Å²) in [7, 11) is 0. The topological polar surface area (TPSA) is 60.9 Å². The van der Waals surface area contributed by atoms with Crippen molar-refractivity contribution in [2.75, 3.05) is 0 Å². The van der Waals surface area contributed by atoms with Crippen LogP contribution in [0.3, 0.4) is 0 Å². The van der Waals surface area contributed by atoms with Gasteiger partial charge in [0, 0.05) is 16.8 Å². The van der Waals surface area contributed by atoms with Gasteiger partial charge in [-0.05, 0) is 30.3 Å². The first-order chi connectivity index (χ1) is 13.2. The van der Waals surface area contributed by atoms with Crippen molar-refractivity contribution in [2.45, 2.75) is 0 Å². The smallest absolute Gasteiger partial charge is 0.235 e. The maximum absolute atomic E-state index is 6.31.